The first-order valence-corrected chi connectivity index (χ1v) is 12.3. The van der Waals surface area contributed by atoms with Crippen molar-refractivity contribution in [1.82, 2.24) is 5.32 Å². The maximum atomic E-state index is 12.9. The molecule has 0 bridgehead atoms. The number of carbonyl (C=O) groups is 1. The van der Waals surface area contributed by atoms with Gasteiger partial charge in [-0.15, -0.1) is 0 Å². The molecule has 0 aromatic heterocycles. The van der Waals surface area contributed by atoms with E-state index in [1.165, 1.54) is 28.7 Å². The summed E-state index contributed by atoms with van der Waals surface area (Å²) in [5, 5.41) is 3.66. The second kappa shape index (κ2) is 10.6. The molecule has 2 unspecified atom stereocenters. The van der Waals surface area contributed by atoms with Crippen LogP contribution in [0.4, 0.5) is 0 Å². The van der Waals surface area contributed by atoms with Crippen molar-refractivity contribution in [3.05, 3.63) is 143 Å². The van der Waals surface area contributed by atoms with Crippen LogP contribution in [0.15, 0.2) is 109 Å². The minimum atomic E-state index is 0.183. The molecule has 1 N–H and O–H groups in total. The highest BCUT2D eigenvalue weighted by molar-refractivity contribution is 5.97. The fraction of sp³-hybridized carbons (Fsp3) is 0.219. The van der Waals surface area contributed by atoms with E-state index < -0.39 is 0 Å². The van der Waals surface area contributed by atoms with E-state index in [0.29, 0.717) is 18.4 Å². The average molecular weight is 446 g/mol. The summed E-state index contributed by atoms with van der Waals surface area (Å²) in [7, 11) is 0. The minimum Gasteiger partial charge on any atom is -0.309 e. The van der Waals surface area contributed by atoms with Gasteiger partial charge in [0.1, 0.15) is 0 Å². The molecule has 1 aliphatic carbocycles. The SMILES string of the molecule is O=C(Cc1ccc(C2CC2NCc2ccccc2)cc1)c1cccc(CCc2ccccc2)c1. The van der Waals surface area contributed by atoms with Gasteiger partial charge < -0.3 is 5.32 Å². The largest absolute Gasteiger partial charge is 0.309 e. The quantitative estimate of drug-likeness (QED) is 0.281. The third kappa shape index (κ3) is 5.89. The van der Waals surface area contributed by atoms with E-state index in [2.05, 4.69) is 96.3 Å². The van der Waals surface area contributed by atoms with E-state index >= 15 is 0 Å². The summed E-state index contributed by atoms with van der Waals surface area (Å²) in [6.45, 7) is 0.916. The van der Waals surface area contributed by atoms with Crippen LogP contribution in [0.25, 0.3) is 0 Å². The fourth-order valence-corrected chi connectivity index (χ4v) is 4.64. The highest BCUT2D eigenvalue weighted by Crippen LogP contribution is 2.41. The van der Waals surface area contributed by atoms with E-state index in [-0.39, 0.29) is 5.78 Å². The summed E-state index contributed by atoms with van der Waals surface area (Å²) in [6, 6.07) is 38.4. The number of ketones is 1. The van der Waals surface area contributed by atoms with Crippen LogP contribution in [-0.4, -0.2) is 11.8 Å². The van der Waals surface area contributed by atoms with Crippen LogP contribution in [-0.2, 0) is 25.8 Å². The van der Waals surface area contributed by atoms with Crippen LogP contribution in [0.5, 0.6) is 0 Å². The van der Waals surface area contributed by atoms with Gasteiger partial charge in [0.05, 0.1) is 0 Å². The Hall–Kier alpha value is -3.49. The third-order valence-corrected chi connectivity index (χ3v) is 6.77. The summed E-state index contributed by atoms with van der Waals surface area (Å²) < 4.78 is 0. The van der Waals surface area contributed by atoms with Gasteiger partial charge in [-0.2, -0.15) is 0 Å². The summed E-state index contributed by atoms with van der Waals surface area (Å²) >= 11 is 0. The molecule has 2 nitrogen and oxygen atoms in total. The molecule has 0 radical (unpaired) electrons. The maximum Gasteiger partial charge on any atom is 0.167 e. The van der Waals surface area contributed by atoms with Crippen molar-refractivity contribution in [2.24, 2.45) is 0 Å². The molecule has 5 rings (SSSR count). The number of hydrogen-bond acceptors (Lipinski definition) is 2. The second-order valence-corrected chi connectivity index (χ2v) is 9.34. The molecule has 0 heterocycles. The Kier molecular flexibility index (Phi) is 6.97. The van der Waals surface area contributed by atoms with Gasteiger partial charge in [-0.3, -0.25) is 4.79 Å². The molecule has 0 spiro atoms. The van der Waals surface area contributed by atoms with E-state index in [4.69, 9.17) is 0 Å². The molecule has 0 saturated heterocycles. The van der Waals surface area contributed by atoms with Crippen molar-refractivity contribution in [3.63, 3.8) is 0 Å². The Balaban J connectivity index is 1.13. The van der Waals surface area contributed by atoms with E-state index in [0.717, 1.165) is 30.5 Å². The molecule has 1 saturated carbocycles. The molecule has 34 heavy (non-hydrogen) atoms. The molecule has 0 aliphatic heterocycles. The van der Waals surface area contributed by atoms with Gasteiger partial charge in [0.15, 0.2) is 5.78 Å². The van der Waals surface area contributed by atoms with Crippen molar-refractivity contribution >= 4 is 5.78 Å². The van der Waals surface area contributed by atoms with Gasteiger partial charge in [-0.25, -0.2) is 0 Å². The number of benzene rings is 4. The number of aryl methyl sites for hydroxylation is 2. The lowest BCUT2D eigenvalue weighted by atomic mass is 9.97. The smallest absolute Gasteiger partial charge is 0.167 e. The van der Waals surface area contributed by atoms with Crippen molar-refractivity contribution < 1.29 is 4.79 Å². The first-order valence-electron chi connectivity index (χ1n) is 12.3. The Morgan fingerprint density at radius 1 is 0.676 bits per heavy atom. The second-order valence-electron chi connectivity index (χ2n) is 9.34. The topological polar surface area (TPSA) is 29.1 Å². The summed E-state index contributed by atoms with van der Waals surface area (Å²) in [6.07, 6.45) is 3.56. The number of rotatable bonds is 10. The highest BCUT2D eigenvalue weighted by Gasteiger charge is 2.37. The van der Waals surface area contributed by atoms with E-state index in [1.807, 2.05) is 18.2 Å². The molecule has 4 aromatic carbocycles. The average Bonchev–Trinajstić information content (AvgIpc) is 3.68. The van der Waals surface area contributed by atoms with Gasteiger partial charge in [0, 0.05) is 30.5 Å². The third-order valence-electron chi connectivity index (χ3n) is 6.77. The van der Waals surface area contributed by atoms with E-state index in [9.17, 15) is 4.79 Å². The standard InChI is InChI=1S/C32H31NO/c34-32(29-13-7-12-25(20-29)15-14-24-8-3-1-4-9-24)21-26-16-18-28(19-17-26)30-22-31(30)33-23-27-10-5-2-6-11-27/h1-13,16-20,30-31,33H,14-15,21-23H2. The van der Waals surface area contributed by atoms with Crippen molar-refractivity contribution in [1.29, 1.82) is 0 Å². The van der Waals surface area contributed by atoms with Crippen molar-refractivity contribution in [3.8, 4) is 0 Å². The summed E-state index contributed by atoms with van der Waals surface area (Å²) in [4.78, 5) is 12.9. The number of Topliss-reactive ketones (excluding diaryl/α,β-unsaturated/α-hetero) is 1. The van der Waals surface area contributed by atoms with Crippen LogP contribution < -0.4 is 5.32 Å². The lowest BCUT2D eigenvalue weighted by Crippen LogP contribution is -2.17. The molecule has 1 aliphatic rings. The number of hydrogen-bond donors (Lipinski definition) is 1. The van der Waals surface area contributed by atoms with Crippen LogP contribution in [0.3, 0.4) is 0 Å². The van der Waals surface area contributed by atoms with Gasteiger partial charge >= 0.3 is 0 Å². The van der Waals surface area contributed by atoms with Gasteiger partial charge in [0.25, 0.3) is 0 Å². The Bertz CT molecular complexity index is 1210. The molecular formula is C32H31NO. The first-order chi connectivity index (χ1) is 16.7. The monoisotopic (exact) mass is 445 g/mol. The predicted octanol–water partition coefficient (Wildman–Crippen LogP) is 6.54. The van der Waals surface area contributed by atoms with Crippen LogP contribution >= 0.6 is 0 Å². The zero-order valence-corrected chi connectivity index (χ0v) is 19.5. The lowest BCUT2D eigenvalue weighted by molar-refractivity contribution is 0.0993. The van der Waals surface area contributed by atoms with E-state index in [1.54, 1.807) is 0 Å². The number of nitrogens with one attached hydrogen (secondary N) is 1. The molecule has 4 aromatic rings. The zero-order valence-electron chi connectivity index (χ0n) is 19.5. The van der Waals surface area contributed by atoms with Crippen molar-refractivity contribution in [2.45, 2.75) is 44.2 Å². The molecule has 1 fully saturated rings. The molecular weight excluding hydrogens is 414 g/mol. The first kappa shape index (κ1) is 22.3. The Morgan fingerprint density at radius 2 is 1.32 bits per heavy atom. The summed E-state index contributed by atoms with van der Waals surface area (Å²) in [5.74, 6) is 0.762. The lowest BCUT2D eigenvalue weighted by Gasteiger charge is -2.07. The highest BCUT2D eigenvalue weighted by atomic mass is 16.1. The van der Waals surface area contributed by atoms with Crippen LogP contribution in [0, 0.1) is 0 Å². The predicted molar refractivity (Wildman–Crippen MR) is 139 cm³/mol. The molecule has 2 atom stereocenters. The Labute approximate surface area is 202 Å². The zero-order chi connectivity index (χ0) is 23.2. The maximum absolute atomic E-state index is 12.9. The van der Waals surface area contributed by atoms with Gasteiger partial charge in [0.2, 0.25) is 0 Å². The van der Waals surface area contributed by atoms with Gasteiger partial charge in [-0.1, -0.05) is 103 Å². The molecule has 170 valence electrons. The Morgan fingerprint density at radius 3 is 2.06 bits per heavy atom. The molecule has 2 heteroatoms. The number of carbonyl (C=O) groups excluding carboxylic acids is 1. The fourth-order valence-electron chi connectivity index (χ4n) is 4.64. The van der Waals surface area contributed by atoms with Crippen LogP contribution in [0.1, 0.15) is 50.5 Å². The summed E-state index contributed by atoms with van der Waals surface area (Å²) in [5.41, 5.74) is 7.12. The van der Waals surface area contributed by atoms with Crippen molar-refractivity contribution in [2.75, 3.05) is 0 Å². The minimum absolute atomic E-state index is 0.183. The normalized spacial score (nSPS) is 16.8. The van der Waals surface area contributed by atoms with Gasteiger partial charge in [-0.05, 0) is 53.1 Å². The molecule has 0 amide bonds. The van der Waals surface area contributed by atoms with Crippen LogP contribution in [0.2, 0.25) is 0 Å².